The van der Waals surface area contributed by atoms with E-state index in [1.54, 1.807) is 19.2 Å². The lowest BCUT2D eigenvalue weighted by Crippen LogP contribution is -2.40. The molecule has 10 heteroatoms. The molecule has 4 heterocycles. The molecule has 9 nitrogen and oxygen atoms in total. The van der Waals surface area contributed by atoms with Gasteiger partial charge < -0.3 is 9.32 Å². The predicted molar refractivity (Wildman–Crippen MR) is 138 cm³/mol. The van der Waals surface area contributed by atoms with Crippen LogP contribution in [0, 0.1) is 5.92 Å². The SMILES string of the molecule is Cn1c(=O)c2c(SCC(=O)N3CCC(Cc4ccccc4)CC3)nc(-c3ccco3)nc2n(C)c1=O. The Hall–Kier alpha value is -3.66. The number of hydrogen-bond donors (Lipinski definition) is 0. The summed E-state index contributed by atoms with van der Waals surface area (Å²) < 4.78 is 7.78. The van der Waals surface area contributed by atoms with E-state index in [0.29, 0.717) is 16.7 Å². The van der Waals surface area contributed by atoms with Gasteiger partial charge in [0.1, 0.15) is 10.4 Å². The Morgan fingerprint density at radius 2 is 1.78 bits per heavy atom. The van der Waals surface area contributed by atoms with Crippen molar-refractivity contribution in [2.45, 2.75) is 24.3 Å². The van der Waals surface area contributed by atoms with Gasteiger partial charge in [0.25, 0.3) is 5.56 Å². The second kappa shape index (κ2) is 10.1. The number of rotatable bonds is 6. The molecule has 0 aliphatic carbocycles. The number of amides is 1. The molecule has 0 atom stereocenters. The number of carbonyl (C=O) groups is 1. The molecule has 0 bridgehead atoms. The van der Waals surface area contributed by atoms with Crippen molar-refractivity contribution in [2.75, 3.05) is 18.8 Å². The van der Waals surface area contributed by atoms with Crippen LogP contribution in [0.3, 0.4) is 0 Å². The molecule has 186 valence electrons. The topological polar surface area (TPSA) is 103 Å². The summed E-state index contributed by atoms with van der Waals surface area (Å²) in [6, 6.07) is 13.9. The first-order valence-electron chi connectivity index (χ1n) is 11.9. The van der Waals surface area contributed by atoms with Gasteiger partial charge in [-0.2, -0.15) is 0 Å². The molecule has 1 aromatic carbocycles. The lowest BCUT2D eigenvalue weighted by atomic mass is 9.90. The number of nitrogens with zero attached hydrogens (tertiary/aromatic N) is 5. The highest BCUT2D eigenvalue weighted by molar-refractivity contribution is 8.00. The third kappa shape index (κ3) is 4.73. The molecule has 0 saturated carbocycles. The zero-order valence-corrected chi connectivity index (χ0v) is 21.0. The Kier molecular flexibility index (Phi) is 6.77. The summed E-state index contributed by atoms with van der Waals surface area (Å²) in [6.45, 7) is 1.44. The molecule has 4 aromatic rings. The summed E-state index contributed by atoms with van der Waals surface area (Å²) in [6.07, 6.45) is 4.46. The Morgan fingerprint density at radius 3 is 2.47 bits per heavy atom. The maximum atomic E-state index is 13.1. The number of hydrogen-bond acceptors (Lipinski definition) is 7. The van der Waals surface area contributed by atoms with E-state index in [0.717, 1.165) is 36.9 Å². The molecular formula is C26H27N5O4S. The third-order valence-electron chi connectivity index (χ3n) is 6.68. The van der Waals surface area contributed by atoms with Crippen molar-refractivity contribution in [3.05, 3.63) is 75.1 Å². The summed E-state index contributed by atoms with van der Waals surface area (Å²) in [5, 5.41) is 0.573. The number of piperidine rings is 1. The van der Waals surface area contributed by atoms with Crippen molar-refractivity contribution in [3.63, 3.8) is 0 Å². The molecule has 0 N–H and O–H groups in total. The van der Waals surface area contributed by atoms with Gasteiger partial charge in [-0.1, -0.05) is 42.1 Å². The van der Waals surface area contributed by atoms with Crippen LogP contribution in [-0.2, 0) is 25.3 Å². The van der Waals surface area contributed by atoms with E-state index in [1.165, 1.54) is 35.2 Å². The van der Waals surface area contributed by atoms with Gasteiger partial charge in [0.15, 0.2) is 17.2 Å². The maximum absolute atomic E-state index is 13.1. The first-order valence-corrected chi connectivity index (χ1v) is 12.9. The van der Waals surface area contributed by atoms with Crippen LogP contribution in [-0.4, -0.2) is 48.8 Å². The molecule has 1 aliphatic rings. The van der Waals surface area contributed by atoms with E-state index in [2.05, 4.69) is 34.2 Å². The zero-order valence-electron chi connectivity index (χ0n) is 20.2. The van der Waals surface area contributed by atoms with Gasteiger partial charge in [-0.15, -0.1) is 0 Å². The summed E-state index contributed by atoms with van der Waals surface area (Å²) in [5.74, 6) is 1.38. The van der Waals surface area contributed by atoms with Crippen LogP contribution in [0.2, 0.25) is 0 Å². The Labute approximate surface area is 211 Å². The molecule has 3 aromatic heterocycles. The average Bonchev–Trinajstić information content (AvgIpc) is 3.45. The van der Waals surface area contributed by atoms with E-state index in [9.17, 15) is 14.4 Å². The van der Waals surface area contributed by atoms with Crippen LogP contribution < -0.4 is 11.2 Å². The number of carbonyl (C=O) groups excluding carboxylic acids is 1. The summed E-state index contributed by atoms with van der Waals surface area (Å²) in [7, 11) is 2.98. The Morgan fingerprint density at radius 1 is 1.03 bits per heavy atom. The standard InChI is InChI=1S/C26H27N5O4S/c1-29-23-21(25(33)30(2)26(29)34)24(28-22(27-23)19-9-6-14-35-19)36-16-20(32)31-12-10-18(11-13-31)15-17-7-4-3-5-8-17/h3-9,14,18H,10-13,15-16H2,1-2H3. The molecule has 0 unspecified atom stereocenters. The highest BCUT2D eigenvalue weighted by Gasteiger charge is 2.25. The highest BCUT2D eigenvalue weighted by Crippen LogP contribution is 2.27. The van der Waals surface area contributed by atoms with Crippen molar-refractivity contribution in [1.82, 2.24) is 24.0 Å². The Bertz CT molecular complexity index is 1500. The fraction of sp³-hybridized carbons (Fsp3) is 0.346. The number of fused-ring (bicyclic) bond motifs is 1. The van der Waals surface area contributed by atoms with Crippen LogP contribution in [0.15, 0.2) is 67.8 Å². The second-order valence-corrected chi connectivity index (χ2v) is 10.0. The van der Waals surface area contributed by atoms with Crippen LogP contribution in [0.1, 0.15) is 18.4 Å². The van der Waals surface area contributed by atoms with Gasteiger partial charge >= 0.3 is 5.69 Å². The number of aryl methyl sites for hydroxylation is 1. The van der Waals surface area contributed by atoms with Gasteiger partial charge in [0.2, 0.25) is 5.91 Å². The fourth-order valence-corrected chi connectivity index (χ4v) is 5.52. The molecular weight excluding hydrogens is 478 g/mol. The summed E-state index contributed by atoms with van der Waals surface area (Å²) >= 11 is 1.19. The van der Waals surface area contributed by atoms with Crippen molar-refractivity contribution < 1.29 is 9.21 Å². The summed E-state index contributed by atoms with van der Waals surface area (Å²) in [5.41, 5.74) is 0.566. The average molecular weight is 506 g/mol. The molecule has 1 amide bonds. The van der Waals surface area contributed by atoms with Gasteiger partial charge in [0.05, 0.1) is 12.0 Å². The molecule has 1 aliphatic heterocycles. The lowest BCUT2D eigenvalue weighted by Gasteiger charge is -2.32. The number of benzene rings is 1. The third-order valence-corrected chi connectivity index (χ3v) is 7.64. The molecule has 36 heavy (non-hydrogen) atoms. The van der Waals surface area contributed by atoms with Crippen molar-refractivity contribution >= 4 is 28.7 Å². The number of furan rings is 1. The first kappa shape index (κ1) is 24.1. The zero-order chi connectivity index (χ0) is 25.2. The van der Waals surface area contributed by atoms with E-state index in [-0.39, 0.29) is 28.5 Å². The predicted octanol–water partition coefficient (Wildman–Crippen LogP) is 2.86. The monoisotopic (exact) mass is 505 g/mol. The van der Waals surface area contributed by atoms with Crippen LogP contribution >= 0.6 is 11.8 Å². The molecule has 0 radical (unpaired) electrons. The van der Waals surface area contributed by atoms with Crippen LogP contribution in [0.4, 0.5) is 0 Å². The highest BCUT2D eigenvalue weighted by atomic mass is 32.2. The minimum absolute atomic E-state index is 0.00566. The number of aromatic nitrogens is 4. The van der Waals surface area contributed by atoms with Crippen LogP contribution in [0.25, 0.3) is 22.6 Å². The Balaban J connectivity index is 1.34. The van der Waals surface area contributed by atoms with Crippen molar-refractivity contribution in [3.8, 4) is 11.6 Å². The van der Waals surface area contributed by atoms with E-state index < -0.39 is 11.2 Å². The molecule has 5 rings (SSSR count). The van der Waals surface area contributed by atoms with Gasteiger partial charge in [0, 0.05) is 27.2 Å². The normalized spacial score (nSPS) is 14.4. The van der Waals surface area contributed by atoms with Gasteiger partial charge in [-0.3, -0.25) is 18.7 Å². The smallest absolute Gasteiger partial charge is 0.332 e. The summed E-state index contributed by atoms with van der Waals surface area (Å²) in [4.78, 5) is 49.4. The fourth-order valence-electron chi connectivity index (χ4n) is 4.60. The maximum Gasteiger partial charge on any atom is 0.332 e. The number of thioether (sulfide) groups is 1. The van der Waals surface area contributed by atoms with Gasteiger partial charge in [-0.25, -0.2) is 14.8 Å². The first-order chi connectivity index (χ1) is 17.4. The molecule has 0 spiro atoms. The molecule has 1 saturated heterocycles. The van der Waals surface area contributed by atoms with E-state index in [4.69, 9.17) is 4.42 Å². The van der Waals surface area contributed by atoms with E-state index in [1.807, 2.05) is 11.0 Å². The second-order valence-electron chi connectivity index (χ2n) is 9.04. The van der Waals surface area contributed by atoms with Crippen LogP contribution in [0.5, 0.6) is 0 Å². The largest absolute Gasteiger partial charge is 0.461 e. The minimum atomic E-state index is -0.490. The minimum Gasteiger partial charge on any atom is -0.461 e. The number of likely N-dealkylation sites (tertiary alicyclic amines) is 1. The lowest BCUT2D eigenvalue weighted by molar-refractivity contribution is -0.129. The van der Waals surface area contributed by atoms with Crippen molar-refractivity contribution in [2.24, 2.45) is 20.0 Å². The van der Waals surface area contributed by atoms with Gasteiger partial charge in [-0.05, 0) is 42.9 Å². The van der Waals surface area contributed by atoms with E-state index >= 15 is 0 Å². The van der Waals surface area contributed by atoms with Crippen molar-refractivity contribution in [1.29, 1.82) is 0 Å². The quantitative estimate of drug-likeness (QED) is 0.293. The molecule has 1 fully saturated rings.